The number of hydrogen-bond donors (Lipinski definition) is 1. The van der Waals surface area contributed by atoms with E-state index in [0.29, 0.717) is 23.3 Å². The van der Waals surface area contributed by atoms with Crippen molar-refractivity contribution in [1.82, 2.24) is 10.2 Å². The smallest absolute Gasteiger partial charge is 0.246 e. The molecule has 0 aromatic heterocycles. The predicted molar refractivity (Wildman–Crippen MR) is 99.7 cm³/mol. The van der Waals surface area contributed by atoms with Crippen LogP contribution in [0.15, 0.2) is 12.1 Å². The van der Waals surface area contributed by atoms with Crippen LogP contribution < -0.4 is 14.8 Å². The molecule has 2 atom stereocenters. The molecule has 0 radical (unpaired) electrons. The molecule has 1 amide bonds. The van der Waals surface area contributed by atoms with Crippen LogP contribution in [0.2, 0.25) is 5.02 Å². The van der Waals surface area contributed by atoms with Gasteiger partial charge in [-0.3, -0.25) is 9.69 Å². The van der Waals surface area contributed by atoms with Crippen molar-refractivity contribution in [2.75, 3.05) is 33.1 Å². The Balaban J connectivity index is 1.58. The molecule has 1 aromatic rings. The minimum absolute atomic E-state index is 0.0254. The number of fused-ring (bicyclic) bond motifs is 1. The van der Waals surface area contributed by atoms with Crippen LogP contribution in [0.25, 0.3) is 0 Å². The van der Waals surface area contributed by atoms with Crippen molar-refractivity contribution in [3.63, 3.8) is 0 Å². The fraction of sp³-hybridized carbons (Fsp3) is 0.632. The van der Waals surface area contributed by atoms with E-state index in [0.717, 1.165) is 43.8 Å². The number of benzene rings is 1. The van der Waals surface area contributed by atoms with Gasteiger partial charge in [0.2, 0.25) is 12.7 Å². The van der Waals surface area contributed by atoms with Gasteiger partial charge in [-0.05, 0) is 30.9 Å². The fourth-order valence-electron chi connectivity index (χ4n) is 3.62. The normalized spacial score (nSPS) is 22.4. The summed E-state index contributed by atoms with van der Waals surface area (Å²) >= 11 is 6.41. The molecule has 0 aliphatic carbocycles. The molecule has 3 rings (SSSR count). The summed E-state index contributed by atoms with van der Waals surface area (Å²) in [7, 11) is 0. The highest BCUT2D eigenvalue weighted by molar-refractivity contribution is 6.31. The van der Waals surface area contributed by atoms with Crippen LogP contribution in [0.4, 0.5) is 0 Å². The number of likely N-dealkylation sites (tertiary alicyclic amines) is 1. The molecule has 0 spiro atoms. The van der Waals surface area contributed by atoms with Crippen molar-refractivity contribution < 1.29 is 19.0 Å². The average molecular weight is 383 g/mol. The van der Waals surface area contributed by atoms with E-state index in [2.05, 4.69) is 17.1 Å². The first-order chi connectivity index (χ1) is 12.6. The van der Waals surface area contributed by atoms with E-state index in [1.165, 1.54) is 0 Å². The van der Waals surface area contributed by atoms with Gasteiger partial charge >= 0.3 is 0 Å². The van der Waals surface area contributed by atoms with Crippen LogP contribution in [-0.2, 0) is 16.1 Å². The number of piperidine rings is 1. The summed E-state index contributed by atoms with van der Waals surface area (Å²) < 4.78 is 16.0. The fourth-order valence-corrected chi connectivity index (χ4v) is 3.83. The average Bonchev–Trinajstić information content (AvgIpc) is 3.08. The van der Waals surface area contributed by atoms with Gasteiger partial charge in [0.25, 0.3) is 0 Å². The van der Waals surface area contributed by atoms with E-state index >= 15 is 0 Å². The van der Waals surface area contributed by atoms with Gasteiger partial charge in [0.05, 0.1) is 0 Å². The number of amides is 1. The topological polar surface area (TPSA) is 60.0 Å². The van der Waals surface area contributed by atoms with E-state index < -0.39 is 0 Å². The zero-order valence-electron chi connectivity index (χ0n) is 15.4. The third-order valence-electron chi connectivity index (χ3n) is 5.06. The van der Waals surface area contributed by atoms with Crippen molar-refractivity contribution >= 4 is 17.5 Å². The molecule has 1 aromatic carbocycles. The maximum absolute atomic E-state index is 12.0. The number of carbonyl (C=O) groups is 1. The second-order valence-electron chi connectivity index (χ2n) is 6.80. The zero-order chi connectivity index (χ0) is 18.5. The van der Waals surface area contributed by atoms with Gasteiger partial charge in [-0.15, -0.1) is 0 Å². The van der Waals surface area contributed by atoms with Crippen LogP contribution in [-0.4, -0.2) is 49.9 Å². The summed E-state index contributed by atoms with van der Waals surface area (Å²) in [4.78, 5) is 14.4. The lowest BCUT2D eigenvalue weighted by molar-refractivity contribution is -0.127. The van der Waals surface area contributed by atoms with Crippen molar-refractivity contribution in [1.29, 1.82) is 0 Å². The van der Waals surface area contributed by atoms with Crippen molar-refractivity contribution in [2.45, 2.75) is 39.3 Å². The van der Waals surface area contributed by atoms with Crippen LogP contribution >= 0.6 is 11.6 Å². The molecule has 6 nitrogen and oxygen atoms in total. The highest BCUT2D eigenvalue weighted by Crippen LogP contribution is 2.37. The van der Waals surface area contributed by atoms with Gasteiger partial charge < -0.3 is 19.5 Å². The van der Waals surface area contributed by atoms with Gasteiger partial charge in [-0.2, -0.15) is 0 Å². The molecule has 2 heterocycles. The Labute approximate surface area is 159 Å². The Kier molecular flexibility index (Phi) is 6.62. The van der Waals surface area contributed by atoms with E-state index in [-0.39, 0.29) is 25.3 Å². The molecule has 7 heteroatoms. The largest absolute Gasteiger partial charge is 0.454 e. The van der Waals surface area contributed by atoms with Crippen molar-refractivity contribution in [2.24, 2.45) is 5.92 Å². The maximum atomic E-state index is 12.0. The van der Waals surface area contributed by atoms with Gasteiger partial charge in [-0.1, -0.05) is 24.9 Å². The molecule has 1 saturated heterocycles. The van der Waals surface area contributed by atoms with Gasteiger partial charge in [0.1, 0.15) is 6.61 Å². The second-order valence-corrected chi connectivity index (χ2v) is 7.21. The van der Waals surface area contributed by atoms with Gasteiger partial charge in [-0.25, -0.2) is 0 Å². The summed E-state index contributed by atoms with van der Waals surface area (Å²) in [6, 6.07) is 4.01. The van der Waals surface area contributed by atoms with Crippen molar-refractivity contribution in [3.8, 4) is 11.5 Å². The standard InChI is InChI=1S/C19H27ClN2O4/c1-3-13-9-22(6-5-16(13)21-19(23)11-24-4-2)10-14-7-17-18(8-15(14)20)26-12-25-17/h7-8,13,16H,3-6,9-12H2,1-2H3,(H,21,23)/t13-,16+/m1/s1. The summed E-state index contributed by atoms with van der Waals surface area (Å²) in [5.41, 5.74) is 1.05. The number of hydrogen-bond acceptors (Lipinski definition) is 5. The Morgan fingerprint density at radius 1 is 1.35 bits per heavy atom. The lowest BCUT2D eigenvalue weighted by Gasteiger charge is -2.38. The zero-order valence-corrected chi connectivity index (χ0v) is 16.2. The number of rotatable bonds is 7. The monoisotopic (exact) mass is 382 g/mol. The SMILES string of the molecule is CCOCC(=O)N[C@H]1CCN(Cc2cc3c(cc2Cl)OCO3)C[C@H]1CC. The van der Waals surface area contributed by atoms with E-state index in [4.69, 9.17) is 25.8 Å². The van der Waals surface area contributed by atoms with Crippen LogP contribution in [0.3, 0.4) is 0 Å². The van der Waals surface area contributed by atoms with Gasteiger partial charge in [0.15, 0.2) is 11.5 Å². The lowest BCUT2D eigenvalue weighted by atomic mass is 9.89. The second kappa shape index (κ2) is 8.93. The molecule has 1 N–H and O–H groups in total. The van der Waals surface area contributed by atoms with Crippen molar-refractivity contribution in [3.05, 3.63) is 22.7 Å². The maximum Gasteiger partial charge on any atom is 0.246 e. The third kappa shape index (κ3) is 4.61. The molecule has 0 unspecified atom stereocenters. The van der Waals surface area contributed by atoms with Crippen LogP contribution in [0.5, 0.6) is 11.5 Å². The number of ether oxygens (including phenoxy) is 3. The quantitative estimate of drug-likeness (QED) is 0.785. The number of nitrogens with one attached hydrogen (secondary N) is 1. The Morgan fingerprint density at radius 2 is 2.12 bits per heavy atom. The predicted octanol–water partition coefficient (Wildman–Crippen LogP) is 2.82. The van der Waals surface area contributed by atoms with Crippen LogP contribution in [0, 0.1) is 5.92 Å². The van der Waals surface area contributed by atoms with E-state index in [9.17, 15) is 4.79 Å². The number of halogens is 1. The summed E-state index contributed by atoms with van der Waals surface area (Å²) in [6.45, 7) is 7.62. The third-order valence-corrected chi connectivity index (χ3v) is 5.41. The Morgan fingerprint density at radius 3 is 2.85 bits per heavy atom. The van der Waals surface area contributed by atoms with E-state index in [1.54, 1.807) is 0 Å². The highest BCUT2D eigenvalue weighted by atomic mass is 35.5. The summed E-state index contributed by atoms with van der Waals surface area (Å²) in [5.74, 6) is 1.86. The highest BCUT2D eigenvalue weighted by Gasteiger charge is 2.29. The van der Waals surface area contributed by atoms with Gasteiger partial charge in [0, 0.05) is 43.4 Å². The minimum Gasteiger partial charge on any atom is -0.454 e. The number of nitrogens with zero attached hydrogens (tertiary/aromatic N) is 1. The van der Waals surface area contributed by atoms with Crippen LogP contribution in [0.1, 0.15) is 32.3 Å². The first kappa shape index (κ1) is 19.3. The molecule has 0 saturated carbocycles. The summed E-state index contributed by atoms with van der Waals surface area (Å²) in [6.07, 6.45) is 1.95. The Bertz CT molecular complexity index is 640. The molecule has 1 fully saturated rings. The molecular weight excluding hydrogens is 356 g/mol. The molecule has 144 valence electrons. The minimum atomic E-state index is -0.0254. The van der Waals surface area contributed by atoms with E-state index in [1.807, 2.05) is 19.1 Å². The Hall–Kier alpha value is -1.50. The first-order valence-electron chi connectivity index (χ1n) is 9.28. The lowest BCUT2D eigenvalue weighted by Crippen LogP contribution is -2.51. The first-order valence-corrected chi connectivity index (χ1v) is 9.66. The number of carbonyl (C=O) groups excluding carboxylic acids is 1. The molecular formula is C19H27ClN2O4. The molecule has 2 aliphatic rings. The molecule has 0 bridgehead atoms. The molecule has 2 aliphatic heterocycles. The summed E-state index contributed by atoms with van der Waals surface area (Å²) in [5, 5.41) is 3.83. The molecule has 26 heavy (non-hydrogen) atoms.